The molecule has 148 valence electrons. The lowest BCUT2D eigenvalue weighted by atomic mass is 9.95. The number of carbonyl (C=O) groups is 1. The van der Waals surface area contributed by atoms with Gasteiger partial charge in [-0.2, -0.15) is 5.10 Å². The fourth-order valence-corrected chi connectivity index (χ4v) is 4.90. The van der Waals surface area contributed by atoms with Crippen molar-refractivity contribution in [2.75, 3.05) is 5.32 Å². The summed E-state index contributed by atoms with van der Waals surface area (Å²) in [5.74, 6) is -0.105. The minimum atomic E-state index is -1.02. The van der Waals surface area contributed by atoms with Gasteiger partial charge in [0.25, 0.3) is 0 Å². The molecule has 0 saturated carbocycles. The molecule has 4 rings (SSSR count). The van der Waals surface area contributed by atoms with Crippen LogP contribution in [0.4, 0.5) is 10.9 Å². The highest BCUT2D eigenvalue weighted by atomic mass is 32.1. The molecule has 0 aliphatic carbocycles. The number of fused-ring (bicyclic) bond motifs is 1. The highest BCUT2D eigenvalue weighted by molar-refractivity contribution is 7.22. The fraction of sp³-hybridized carbons (Fsp3) is 0.250. The summed E-state index contributed by atoms with van der Waals surface area (Å²) < 4.78 is 1.11. The number of hydrogen-bond acceptors (Lipinski definition) is 8. The highest BCUT2D eigenvalue weighted by Crippen LogP contribution is 2.32. The number of carboxylic acid groups (broad SMARTS) is 1. The Bertz CT molecular complexity index is 1170. The van der Waals surface area contributed by atoms with Gasteiger partial charge in [0, 0.05) is 11.8 Å². The van der Waals surface area contributed by atoms with Crippen molar-refractivity contribution in [2.45, 2.75) is 33.1 Å². The molecule has 0 spiro atoms. The van der Waals surface area contributed by atoms with Crippen LogP contribution in [0.3, 0.4) is 0 Å². The topological polar surface area (TPSA) is 101 Å². The number of aromatic carboxylic acids is 1. The Kier molecular flexibility index (Phi) is 5.25. The molecule has 0 aliphatic heterocycles. The van der Waals surface area contributed by atoms with Crippen LogP contribution in [0.2, 0.25) is 0 Å². The van der Waals surface area contributed by atoms with Crippen LogP contribution in [0.25, 0.3) is 10.2 Å². The summed E-state index contributed by atoms with van der Waals surface area (Å²) in [5, 5.41) is 24.3. The van der Waals surface area contributed by atoms with E-state index in [4.69, 9.17) is 5.11 Å². The van der Waals surface area contributed by atoms with E-state index in [0.717, 1.165) is 32.2 Å². The van der Waals surface area contributed by atoms with Crippen molar-refractivity contribution in [3.05, 3.63) is 57.2 Å². The Balaban J connectivity index is 1.65. The van der Waals surface area contributed by atoms with Gasteiger partial charge in [0.2, 0.25) is 0 Å². The van der Waals surface area contributed by atoms with Crippen LogP contribution in [-0.4, -0.2) is 31.2 Å². The number of nitrogens with zero attached hydrogens (tertiary/aromatic N) is 4. The van der Waals surface area contributed by atoms with Crippen molar-refractivity contribution in [1.82, 2.24) is 20.2 Å². The van der Waals surface area contributed by atoms with E-state index in [2.05, 4.69) is 39.3 Å². The molecule has 9 heteroatoms. The summed E-state index contributed by atoms with van der Waals surface area (Å²) in [4.78, 5) is 19.9. The first-order chi connectivity index (χ1) is 13.9. The maximum atomic E-state index is 11.1. The highest BCUT2D eigenvalue weighted by Gasteiger charge is 2.19. The largest absolute Gasteiger partial charge is 0.476 e. The quantitative estimate of drug-likeness (QED) is 0.448. The SMILES string of the molecule is Cc1c(Nc2nc3ccccc3s2)nnc(Cc2nc(C(=O)O)cs2)c1C(C)C. The molecule has 0 aliphatic rings. The third kappa shape index (κ3) is 3.96. The van der Waals surface area contributed by atoms with Crippen LogP contribution in [0.1, 0.15) is 52.1 Å². The van der Waals surface area contributed by atoms with Gasteiger partial charge in [0.05, 0.1) is 20.9 Å². The van der Waals surface area contributed by atoms with Crippen LogP contribution in [-0.2, 0) is 6.42 Å². The second-order valence-corrected chi connectivity index (χ2v) is 8.88. The number of thiazole rings is 2. The van der Waals surface area contributed by atoms with Gasteiger partial charge >= 0.3 is 5.97 Å². The number of hydrogen-bond donors (Lipinski definition) is 2. The zero-order valence-corrected chi connectivity index (χ0v) is 17.8. The standard InChI is InChI=1S/C20H19N5O2S2/c1-10(2)17-11(3)18(23-20-22-12-6-4-5-7-15(12)29-20)25-24-13(17)8-16-21-14(9-28-16)19(26)27/h4-7,9-10H,8H2,1-3H3,(H,26,27)(H,22,23,25). The number of carboxylic acids is 1. The van der Waals surface area contributed by atoms with E-state index in [1.165, 1.54) is 11.3 Å². The molecule has 0 amide bonds. The maximum Gasteiger partial charge on any atom is 0.355 e. The van der Waals surface area contributed by atoms with Crippen LogP contribution in [0.5, 0.6) is 0 Å². The number of benzene rings is 1. The third-order valence-electron chi connectivity index (χ3n) is 4.53. The van der Waals surface area contributed by atoms with E-state index in [9.17, 15) is 4.79 Å². The first kappa shape index (κ1) is 19.4. The number of rotatable bonds is 6. The summed E-state index contributed by atoms with van der Waals surface area (Å²) in [5.41, 5.74) is 3.94. The third-order valence-corrected chi connectivity index (χ3v) is 6.33. The minimum Gasteiger partial charge on any atom is -0.476 e. The summed E-state index contributed by atoms with van der Waals surface area (Å²) in [6, 6.07) is 7.99. The van der Waals surface area contributed by atoms with Gasteiger partial charge in [-0.25, -0.2) is 14.8 Å². The van der Waals surface area contributed by atoms with E-state index >= 15 is 0 Å². The van der Waals surface area contributed by atoms with Crippen LogP contribution in [0, 0.1) is 6.92 Å². The first-order valence-electron chi connectivity index (χ1n) is 9.08. The van der Waals surface area contributed by atoms with Gasteiger partial charge in [-0.3, -0.25) is 0 Å². The fourth-order valence-electron chi connectivity index (χ4n) is 3.26. The second-order valence-electron chi connectivity index (χ2n) is 6.91. The van der Waals surface area contributed by atoms with Crippen molar-refractivity contribution in [3.63, 3.8) is 0 Å². The Morgan fingerprint density at radius 1 is 1.21 bits per heavy atom. The van der Waals surface area contributed by atoms with Gasteiger partial charge in [0.15, 0.2) is 16.6 Å². The van der Waals surface area contributed by atoms with E-state index < -0.39 is 5.97 Å². The second kappa shape index (κ2) is 7.84. The molecule has 3 heterocycles. The molecule has 0 bridgehead atoms. The van der Waals surface area contributed by atoms with Gasteiger partial charge in [-0.15, -0.1) is 16.4 Å². The van der Waals surface area contributed by atoms with Crippen molar-refractivity contribution in [1.29, 1.82) is 0 Å². The Morgan fingerprint density at radius 2 is 2.00 bits per heavy atom. The molecular weight excluding hydrogens is 406 g/mol. The lowest BCUT2D eigenvalue weighted by Crippen LogP contribution is -2.09. The van der Waals surface area contributed by atoms with Crippen LogP contribution >= 0.6 is 22.7 Å². The predicted octanol–water partition coefficient (Wildman–Crippen LogP) is 5.01. The molecule has 0 unspecified atom stereocenters. The lowest BCUT2D eigenvalue weighted by Gasteiger charge is -2.16. The Morgan fingerprint density at radius 3 is 2.69 bits per heavy atom. The number of nitrogens with one attached hydrogen (secondary N) is 1. The van der Waals surface area contributed by atoms with Gasteiger partial charge in [-0.1, -0.05) is 37.3 Å². The Hall–Kier alpha value is -2.91. The molecule has 7 nitrogen and oxygen atoms in total. The molecular formula is C20H19N5O2S2. The zero-order valence-electron chi connectivity index (χ0n) is 16.1. The van der Waals surface area contributed by atoms with E-state index in [0.29, 0.717) is 17.2 Å². The molecule has 3 aromatic heterocycles. The van der Waals surface area contributed by atoms with Crippen molar-refractivity contribution >= 4 is 49.8 Å². The smallest absolute Gasteiger partial charge is 0.355 e. The molecule has 4 aromatic rings. The van der Waals surface area contributed by atoms with Gasteiger partial charge in [0.1, 0.15) is 0 Å². The molecule has 0 fully saturated rings. The van der Waals surface area contributed by atoms with E-state index in [-0.39, 0.29) is 11.6 Å². The molecule has 0 atom stereocenters. The summed E-state index contributed by atoms with van der Waals surface area (Å²) in [6.07, 6.45) is 0.459. The Labute approximate surface area is 175 Å². The maximum absolute atomic E-state index is 11.1. The average molecular weight is 426 g/mol. The van der Waals surface area contributed by atoms with Gasteiger partial charge < -0.3 is 10.4 Å². The normalized spacial score (nSPS) is 11.3. The molecule has 29 heavy (non-hydrogen) atoms. The monoisotopic (exact) mass is 425 g/mol. The zero-order chi connectivity index (χ0) is 20.5. The predicted molar refractivity (Wildman–Crippen MR) is 116 cm³/mol. The molecule has 0 saturated heterocycles. The average Bonchev–Trinajstić information content (AvgIpc) is 3.30. The molecule has 0 radical (unpaired) electrons. The molecule has 1 aromatic carbocycles. The number of para-hydroxylation sites is 1. The summed E-state index contributed by atoms with van der Waals surface area (Å²) >= 11 is 2.90. The van der Waals surface area contributed by atoms with E-state index in [1.54, 1.807) is 16.7 Å². The number of aromatic nitrogens is 4. The first-order valence-corrected chi connectivity index (χ1v) is 10.8. The van der Waals surface area contributed by atoms with Crippen molar-refractivity contribution in [3.8, 4) is 0 Å². The number of anilines is 2. The molecule has 2 N–H and O–H groups in total. The van der Waals surface area contributed by atoms with Gasteiger partial charge in [-0.05, 0) is 36.1 Å². The van der Waals surface area contributed by atoms with Crippen LogP contribution in [0.15, 0.2) is 29.6 Å². The lowest BCUT2D eigenvalue weighted by molar-refractivity contribution is 0.0691. The van der Waals surface area contributed by atoms with Crippen molar-refractivity contribution in [2.24, 2.45) is 0 Å². The van der Waals surface area contributed by atoms with E-state index in [1.807, 2.05) is 31.2 Å². The summed E-state index contributed by atoms with van der Waals surface area (Å²) in [7, 11) is 0. The summed E-state index contributed by atoms with van der Waals surface area (Å²) in [6.45, 7) is 6.24. The van der Waals surface area contributed by atoms with Crippen molar-refractivity contribution < 1.29 is 9.90 Å². The van der Waals surface area contributed by atoms with Crippen LogP contribution < -0.4 is 5.32 Å². The minimum absolute atomic E-state index is 0.0647.